The largest absolute Gasteiger partial charge is 0.483 e. The van der Waals surface area contributed by atoms with Gasteiger partial charge < -0.3 is 10.5 Å². The van der Waals surface area contributed by atoms with Crippen molar-refractivity contribution in [2.75, 3.05) is 6.54 Å². The van der Waals surface area contributed by atoms with E-state index in [1.807, 2.05) is 36.6 Å². The second-order valence-corrected chi connectivity index (χ2v) is 6.21. The molecule has 0 amide bonds. The van der Waals surface area contributed by atoms with Crippen LogP contribution in [0.5, 0.6) is 5.75 Å². The van der Waals surface area contributed by atoms with Crippen LogP contribution >= 0.6 is 38.9 Å². The first-order valence-corrected chi connectivity index (χ1v) is 7.52. The first kappa shape index (κ1) is 13.9. The normalized spacial score (nSPS) is 12.4. The lowest BCUT2D eigenvalue weighted by Gasteiger charge is -2.17. The molecule has 2 rings (SSSR count). The van der Waals surface area contributed by atoms with E-state index in [-0.39, 0.29) is 6.10 Å². The Morgan fingerprint density at radius 3 is 2.78 bits per heavy atom. The van der Waals surface area contributed by atoms with Crippen molar-refractivity contribution in [1.29, 1.82) is 0 Å². The Morgan fingerprint density at radius 1 is 1.44 bits per heavy atom. The lowest BCUT2D eigenvalue weighted by molar-refractivity contribution is 0.216. The van der Waals surface area contributed by atoms with Crippen LogP contribution in [0.3, 0.4) is 0 Å². The first-order chi connectivity index (χ1) is 8.60. The van der Waals surface area contributed by atoms with Gasteiger partial charge in [-0.05, 0) is 52.7 Å². The third-order valence-electron chi connectivity index (χ3n) is 2.53. The van der Waals surface area contributed by atoms with Gasteiger partial charge in [0.25, 0.3) is 0 Å². The Kier molecular flexibility index (Phi) is 4.67. The number of rotatable bonds is 4. The van der Waals surface area contributed by atoms with Crippen LogP contribution in [0.25, 0.3) is 0 Å². The highest BCUT2D eigenvalue weighted by Gasteiger charge is 2.15. The minimum atomic E-state index is -0.124. The van der Waals surface area contributed by atoms with Crippen LogP contribution in [0.1, 0.15) is 16.5 Å². The average molecular weight is 347 g/mol. The number of nitrogens with two attached hydrogens (primary N) is 1. The van der Waals surface area contributed by atoms with Crippen molar-refractivity contribution in [1.82, 2.24) is 0 Å². The van der Waals surface area contributed by atoms with Crippen molar-refractivity contribution in [3.63, 3.8) is 0 Å². The van der Waals surface area contributed by atoms with Gasteiger partial charge in [-0.2, -0.15) is 0 Å². The molecular formula is C13H13BrClNOS. The van der Waals surface area contributed by atoms with Crippen LogP contribution < -0.4 is 10.5 Å². The van der Waals surface area contributed by atoms with E-state index in [2.05, 4.69) is 15.9 Å². The van der Waals surface area contributed by atoms with Crippen LogP contribution in [0, 0.1) is 6.92 Å². The highest BCUT2D eigenvalue weighted by molar-refractivity contribution is 9.10. The molecule has 5 heteroatoms. The Morgan fingerprint density at radius 2 is 2.22 bits per heavy atom. The SMILES string of the molecule is Cc1cc(Cl)ccc1OC(CN)c1cc(Br)cs1. The van der Waals surface area contributed by atoms with Crippen LogP contribution in [-0.4, -0.2) is 6.54 Å². The molecule has 0 aliphatic carbocycles. The number of aryl methyl sites for hydroxylation is 1. The molecule has 0 spiro atoms. The Hall–Kier alpha value is -0.550. The first-order valence-electron chi connectivity index (χ1n) is 5.47. The predicted molar refractivity (Wildman–Crippen MR) is 80.6 cm³/mol. The molecule has 1 aromatic carbocycles. The van der Waals surface area contributed by atoms with E-state index in [0.717, 1.165) is 20.7 Å². The van der Waals surface area contributed by atoms with Crippen molar-refractivity contribution in [2.24, 2.45) is 5.73 Å². The smallest absolute Gasteiger partial charge is 0.145 e. The zero-order valence-corrected chi connectivity index (χ0v) is 13.0. The van der Waals surface area contributed by atoms with Gasteiger partial charge in [-0.3, -0.25) is 0 Å². The summed E-state index contributed by atoms with van der Waals surface area (Å²) in [5.41, 5.74) is 6.79. The van der Waals surface area contributed by atoms with Crippen LogP contribution in [0.2, 0.25) is 5.02 Å². The number of hydrogen-bond acceptors (Lipinski definition) is 3. The van der Waals surface area contributed by atoms with Gasteiger partial charge in [0.15, 0.2) is 0 Å². The molecule has 2 nitrogen and oxygen atoms in total. The van der Waals surface area contributed by atoms with E-state index in [1.54, 1.807) is 11.3 Å². The summed E-state index contributed by atoms with van der Waals surface area (Å²) < 4.78 is 7.01. The van der Waals surface area contributed by atoms with Crippen molar-refractivity contribution < 1.29 is 4.74 Å². The van der Waals surface area contributed by atoms with Crippen LogP contribution in [0.15, 0.2) is 34.1 Å². The minimum Gasteiger partial charge on any atom is -0.483 e. The number of hydrogen-bond donors (Lipinski definition) is 1. The maximum absolute atomic E-state index is 5.95. The van der Waals surface area contributed by atoms with E-state index in [0.29, 0.717) is 11.6 Å². The fourth-order valence-corrected chi connectivity index (χ4v) is 3.33. The topological polar surface area (TPSA) is 35.2 Å². The molecule has 0 aliphatic rings. The number of benzene rings is 1. The third kappa shape index (κ3) is 3.26. The molecule has 1 atom stereocenters. The number of thiophene rings is 1. The summed E-state index contributed by atoms with van der Waals surface area (Å²) >= 11 is 11.0. The highest BCUT2D eigenvalue weighted by atomic mass is 79.9. The molecule has 2 aromatic rings. The van der Waals surface area contributed by atoms with E-state index >= 15 is 0 Å². The summed E-state index contributed by atoms with van der Waals surface area (Å²) in [7, 11) is 0. The quantitative estimate of drug-likeness (QED) is 0.881. The van der Waals surface area contributed by atoms with Gasteiger partial charge in [-0.15, -0.1) is 11.3 Å². The summed E-state index contributed by atoms with van der Waals surface area (Å²) in [5, 5.41) is 2.74. The number of ether oxygens (including phenoxy) is 1. The van der Waals surface area contributed by atoms with Gasteiger partial charge in [0.1, 0.15) is 11.9 Å². The van der Waals surface area contributed by atoms with Gasteiger partial charge in [-0.1, -0.05) is 11.6 Å². The van der Waals surface area contributed by atoms with E-state index < -0.39 is 0 Å². The minimum absolute atomic E-state index is 0.124. The maximum atomic E-state index is 5.95. The second kappa shape index (κ2) is 6.06. The number of halogens is 2. The van der Waals surface area contributed by atoms with Crippen molar-refractivity contribution in [3.8, 4) is 5.75 Å². The molecule has 0 bridgehead atoms. The standard InChI is InChI=1S/C13H13BrClNOS/c1-8-4-10(15)2-3-11(8)17-12(6-16)13-5-9(14)7-18-13/h2-5,7,12H,6,16H2,1H3. The van der Waals surface area contributed by atoms with E-state index in [1.165, 1.54) is 0 Å². The summed E-state index contributed by atoms with van der Waals surface area (Å²) in [5.74, 6) is 0.819. The van der Waals surface area contributed by atoms with Crippen molar-refractivity contribution in [3.05, 3.63) is 49.6 Å². The maximum Gasteiger partial charge on any atom is 0.145 e. The van der Waals surface area contributed by atoms with E-state index in [9.17, 15) is 0 Å². The fraction of sp³-hybridized carbons (Fsp3) is 0.231. The van der Waals surface area contributed by atoms with Gasteiger partial charge in [0.05, 0.1) is 0 Å². The molecule has 1 unspecified atom stereocenters. The van der Waals surface area contributed by atoms with Gasteiger partial charge >= 0.3 is 0 Å². The summed E-state index contributed by atoms with van der Waals surface area (Å²) in [6.07, 6.45) is -0.124. The van der Waals surface area contributed by atoms with Gasteiger partial charge in [0, 0.05) is 26.3 Å². The molecule has 96 valence electrons. The molecule has 0 fully saturated rings. The average Bonchev–Trinajstić information content (AvgIpc) is 2.75. The van der Waals surface area contributed by atoms with E-state index in [4.69, 9.17) is 22.1 Å². The second-order valence-electron chi connectivity index (χ2n) is 3.92. The van der Waals surface area contributed by atoms with Crippen molar-refractivity contribution >= 4 is 38.9 Å². The van der Waals surface area contributed by atoms with Crippen LogP contribution in [-0.2, 0) is 0 Å². The summed E-state index contributed by atoms with van der Waals surface area (Å²) in [6, 6.07) is 7.62. The van der Waals surface area contributed by atoms with Gasteiger partial charge in [0.2, 0.25) is 0 Å². The Bertz CT molecular complexity index is 544. The monoisotopic (exact) mass is 345 g/mol. The van der Waals surface area contributed by atoms with Crippen LogP contribution in [0.4, 0.5) is 0 Å². The van der Waals surface area contributed by atoms with Crippen molar-refractivity contribution in [2.45, 2.75) is 13.0 Å². The predicted octanol–water partition coefficient (Wildman–Crippen LogP) is 4.55. The van der Waals surface area contributed by atoms with Gasteiger partial charge in [-0.25, -0.2) is 0 Å². The third-order valence-corrected chi connectivity index (χ3v) is 4.55. The molecule has 0 saturated heterocycles. The Labute approximate surface area is 124 Å². The summed E-state index contributed by atoms with van der Waals surface area (Å²) in [6.45, 7) is 2.41. The zero-order chi connectivity index (χ0) is 13.1. The molecule has 0 aliphatic heterocycles. The fourth-order valence-electron chi connectivity index (χ4n) is 1.62. The zero-order valence-electron chi connectivity index (χ0n) is 9.82. The lowest BCUT2D eigenvalue weighted by atomic mass is 10.2. The summed E-state index contributed by atoms with van der Waals surface area (Å²) in [4.78, 5) is 1.11. The molecule has 1 aromatic heterocycles. The molecule has 1 heterocycles. The molecule has 18 heavy (non-hydrogen) atoms. The Balaban J connectivity index is 2.20. The molecule has 0 saturated carbocycles. The molecule has 2 N–H and O–H groups in total. The lowest BCUT2D eigenvalue weighted by Crippen LogP contribution is -2.17. The molecule has 0 radical (unpaired) electrons. The molecular weight excluding hydrogens is 334 g/mol. The highest BCUT2D eigenvalue weighted by Crippen LogP contribution is 2.31.